The van der Waals surface area contributed by atoms with Gasteiger partial charge in [0, 0.05) is 5.69 Å². The number of benzene rings is 1. The van der Waals surface area contributed by atoms with Crippen LogP contribution in [0.1, 0.15) is 5.89 Å². The summed E-state index contributed by atoms with van der Waals surface area (Å²) in [6, 6.07) is 5.19. The first kappa shape index (κ1) is 13.1. The number of hydrogen-bond donors (Lipinski definition) is 2. The third kappa shape index (κ3) is 3.85. The smallest absolute Gasteiger partial charge is 0.406 e. The summed E-state index contributed by atoms with van der Waals surface area (Å²) >= 11 is 0. The summed E-state index contributed by atoms with van der Waals surface area (Å²) in [6.07, 6.45) is -4.71. The fourth-order valence-electron chi connectivity index (χ4n) is 1.25. The molecule has 2 aromatic rings. The van der Waals surface area contributed by atoms with Crippen LogP contribution in [0.2, 0.25) is 0 Å². The SMILES string of the molecule is NCc1nnc(Nc2ccc(OC(F)(F)F)cc2)o1. The number of alkyl halides is 3. The molecule has 1 heterocycles. The monoisotopic (exact) mass is 274 g/mol. The zero-order valence-corrected chi connectivity index (χ0v) is 9.44. The van der Waals surface area contributed by atoms with Gasteiger partial charge in [-0.2, -0.15) is 0 Å². The normalized spacial score (nSPS) is 11.4. The molecule has 0 saturated carbocycles. The van der Waals surface area contributed by atoms with Gasteiger partial charge in [-0.3, -0.25) is 0 Å². The highest BCUT2D eigenvalue weighted by Gasteiger charge is 2.30. The molecular weight excluding hydrogens is 265 g/mol. The van der Waals surface area contributed by atoms with Crippen molar-refractivity contribution in [3.8, 4) is 5.75 Å². The van der Waals surface area contributed by atoms with Crippen molar-refractivity contribution in [2.45, 2.75) is 12.9 Å². The Balaban J connectivity index is 2.02. The molecule has 2 rings (SSSR count). The second-order valence-electron chi connectivity index (χ2n) is 3.40. The first-order valence-electron chi connectivity index (χ1n) is 5.11. The summed E-state index contributed by atoms with van der Waals surface area (Å²) < 4.78 is 44.7. The van der Waals surface area contributed by atoms with Gasteiger partial charge in [0.25, 0.3) is 0 Å². The van der Waals surface area contributed by atoms with Crippen molar-refractivity contribution in [3.05, 3.63) is 30.2 Å². The van der Waals surface area contributed by atoms with Gasteiger partial charge in [0.05, 0.1) is 6.54 Å². The van der Waals surface area contributed by atoms with Crippen molar-refractivity contribution in [1.29, 1.82) is 0 Å². The number of nitrogens with zero attached hydrogens (tertiary/aromatic N) is 2. The molecule has 0 bridgehead atoms. The molecule has 0 saturated heterocycles. The molecule has 19 heavy (non-hydrogen) atoms. The summed E-state index contributed by atoms with van der Waals surface area (Å²) in [5, 5.41) is 9.98. The Morgan fingerprint density at radius 2 is 1.89 bits per heavy atom. The van der Waals surface area contributed by atoms with Gasteiger partial charge in [0.15, 0.2) is 0 Å². The average molecular weight is 274 g/mol. The van der Waals surface area contributed by atoms with E-state index in [1.807, 2.05) is 0 Å². The molecule has 0 aliphatic heterocycles. The van der Waals surface area contributed by atoms with Gasteiger partial charge >= 0.3 is 12.4 Å². The van der Waals surface area contributed by atoms with E-state index in [0.717, 1.165) is 12.1 Å². The van der Waals surface area contributed by atoms with Crippen molar-refractivity contribution < 1.29 is 22.3 Å². The Bertz CT molecular complexity index is 538. The van der Waals surface area contributed by atoms with Gasteiger partial charge in [0.1, 0.15) is 5.75 Å². The van der Waals surface area contributed by atoms with E-state index in [9.17, 15) is 13.2 Å². The van der Waals surface area contributed by atoms with Crippen LogP contribution in [-0.2, 0) is 6.54 Å². The number of ether oxygens (including phenoxy) is 1. The van der Waals surface area contributed by atoms with Gasteiger partial charge in [-0.1, -0.05) is 5.10 Å². The molecule has 1 aromatic carbocycles. The Morgan fingerprint density at radius 3 is 2.42 bits per heavy atom. The minimum Gasteiger partial charge on any atom is -0.406 e. The van der Waals surface area contributed by atoms with Crippen LogP contribution in [0.15, 0.2) is 28.7 Å². The summed E-state index contributed by atoms with van der Waals surface area (Å²) in [6.45, 7) is 0.104. The lowest BCUT2D eigenvalue weighted by Crippen LogP contribution is -2.16. The number of nitrogens with one attached hydrogen (secondary N) is 1. The van der Waals surface area contributed by atoms with Gasteiger partial charge in [-0.25, -0.2) is 0 Å². The maximum atomic E-state index is 11.9. The molecule has 0 fully saturated rings. The van der Waals surface area contributed by atoms with Gasteiger partial charge in [0.2, 0.25) is 5.89 Å². The van der Waals surface area contributed by atoms with Crippen LogP contribution >= 0.6 is 0 Å². The zero-order chi connectivity index (χ0) is 13.9. The predicted molar refractivity (Wildman–Crippen MR) is 58.6 cm³/mol. The first-order chi connectivity index (χ1) is 8.96. The molecule has 1 aromatic heterocycles. The Kier molecular flexibility index (Phi) is 3.56. The summed E-state index contributed by atoms with van der Waals surface area (Å²) in [7, 11) is 0. The minimum atomic E-state index is -4.71. The Labute approximate surface area is 105 Å². The van der Waals surface area contributed by atoms with Crippen LogP contribution in [0.4, 0.5) is 24.9 Å². The van der Waals surface area contributed by atoms with Crippen LogP contribution in [0, 0.1) is 0 Å². The van der Waals surface area contributed by atoms with Crippen molar-refractivity contribution in [1.82, 2.24) is 10.2 Å². The predicted octanol–water partition coefficient (Wildman–Crippen LogP) is 2.17. The van der Waals surface area contributed by atoms with E-state index >= 15 is 0 Å². The fraction of sp³-hybridized carbons (Fsp3) is 0.200. The van der Waals surface area contributed by atoms with Crippen LogP contribution in [0.3, 0.4) is 0 Å². The summed E-state index contributed by atoms with van der Waals surface area (Å²) in [5.41, 5.74) is 5.76. The molecular formula is C10H9F3N4O2. The Hall–Kier alpha value is -2.29. The number of aromatic nitrogens is 2. The molecule has 3 N–H and O–H groups in total. The minimum absolute atomic E-state index is 0.102. The van der Waals surface area contributed by atoms with Gasteiger partial charge < -0.3 is 20.2 Å². The number of hydrogen-bond acceptors (Lipinski definition) is 6. The molecule has 0 aliphatic carbocycles. The van der Waals surface area contributed by atoms with E-state index in [1.54, 1.807) is 0 Å². The fourth-order valence-corrected chi connectivity index (χ4v) is 1.25. The number of nitrogens with two attached hydrogens (primary N) is 1. The average Bonchev–Trinajstić information content (AvgIpc) is 2.77. The second kappa shape index (κ2) is 5.14. The largest absolute Gasteiger partial charge is 0.573 e. The van der Waals surface area contributed by atoms with Crippen molar-refractivity contribution in [3.63, 3.8) is 0 Å². The molecule has 0 aliphatic rings. The quantitative estimate of drug-likeness (QED) is 0.888. The summed E-state index contributed by atoms with van der Waals surface area (Å²) in [5.74, 6) is -0.0641. The molecule has 9 heteroatoms. The maximum Gasteiger partial charge on any atom is 0.573 e. The van der Waals surface area contributed by atoms with E-state index in [-0.39, 0.29) is 24.2 Å². The molecule has 6 nitrogen and oxygen atoms in total. The zero-order valence-electron chi connectivity index (χ0n) is 9.44. The lowest BCUT2D eigenvalue weighted by Gasteiger charge is -2.09. The third-order valence-electron chi connectivity index (χ3n) is 1.98. The first-order valence-corrected chi connectivity index (χ1v) is 5.11. The highest BCUT2D eigenvalue weighted by atomic mass is 19.4. The molecule has 0 unspecified atom stereocenters. The molecule has 0 radical (unpaired) electrons. The standard InChI is InChI=1S/C10H9F3N4O2/c11-10(12,13)19-7-3-1-6(2-4-7)15-9-17-16-8(5-14)18-9/h1-4H,5,14H2,(H,15,17). The van der Waals surface area contributed by atoms with Crippen LogP contribution < -0.4 is 15.8 Å². The number of rotatable bonds is 4. The topological polar surface area (TPSA) is 86.2 Å². The highest BCUT2D eigenvalue weighted by molar-refractivity contribution is 5.53. The number of halogens is 3. The molecule has 0 amide bonds. The lowest BCUT2D eigenvalue weighted by atomic mass is 10.3. The van der Waals surface area contributed by atoms with Crippen LogP contribution in [-0.4, -0.2) is 16.6 Å². The molecule has 102 valence electrons. The van der Waals surface area contributed by atoms with E-state index in [2.05, 4.69) is 20.3 Å². The molecule has 0 atom stereocenters. The van der Waals surface area contributed by atoms with Gasteiger partial charge in [-0.05, 0) is 24.3 Å². The Morgan fingerprint density at radius 1 is 1.21 bits per heavy atom. The third-order valence-corrected chi connectivity index (χ3v) is 1.98. The van der Waals surface area contributed by atoms with Crippen molar-refractivity contribution in [2.24, 2.45) is 5.73 Å². The highest BCUT2D eigenvalue weighted by Crippen LogP contribution is 2.24. The van der Waals surface area contributed by atoms with Crippen LogP contribution in [0.5, 0.6) is 5.75 Å². The van der Waals surface area contributed by atoms with E-state index in [4.69, 9.17) is 10.2 Å². The van der Waals surface area contributed by atoms with Crippen LogP contribution in [0.25, 0.3) is 0 Å². The maximum absolute atomic E-state index is 11.9. The van der Waals surface area contributed by atoms with Gasteiger partial charge in [-0.15, -0.1) is 18.3 Å². The van der Waals surface area contributed by atoms with Crippen molar-refractivity contribution in [2.75, 3.05) is 5.32 Å². The second-order valence-corrected chi connectivity index (χ2v) is 3.40. The van der Waals surface area contributed by atoms with E-state index in [0.29, 0.717) is 5.69 Å². The van der Waals surface area contributed by atoms with E-state index < -0.39 is 6.36 Å². The molecule has 0 spiro atoms. The lowest BCUT2D eigenvalue weighted by molar-refractivity contribution is -0.274. The summed E-state index contributed by atoms with van der Waals surface area (Å²) in [4.78, 5) is 0. The van der Waals surface area contributed by atoms with E-state index in [1.165, 1.54) is 12.1 Å². The number of anilines is 2. The van der Waals surface area contributed by atoms with Crippen molar-refractivity contribution >= 4 is 11.7 Å².